The predicted octanol–water partition coefficient (Wildman–Crippen LogP) is 1.98. The maximum Gasteiger partial charge on any atom is 0.407 e. The number of nitrogens with two attached hydrogens (primary N) is 1. The number of nitrogens with zero attached hydrogens (tertiary/aromatic N) is 1. The molecule has 0 aromatic carbocycles. The Morgan fingerprint density at radius 2 is 1.73 bits per heavy atom. The molecule has 0 unspecified atom stereocenters. The highest BCUT2D eigenvalue weighted by Gasteiger charge is 2.49. The van der Waals surface area contributed by atoms with E-state index in [-0.39, 0.29) is 11.8 Å². The SMILES string of the molecule is CC.CN.COC(=O)N[C@H](C(=O)N1CCC2(CC2)C1)C(C)C. The molecule has 1 saturated heterocycles. The second-order valence-electron chi connectivity index (χ2n) is 5.87. The minimum atomic E-state index is -0.539. The van der Waals surface area contributed by atoms with Crippen LogP contribution in [0.1, 0.15) is 47.0 Å². The fraction of sp³-hybridized carbons (Fsp3) is 0.875. The van der Waals surface area contributed by atoms with Crippen molar-refractivity contribution in [1.29, 1.82) is 0 Å². The molecule has 2 rings (SSSR count). The zero-order valence-electron chi connectivity index (χ0n) is 14.9. The van der Waals surface area contributed by atoms with Crippen LogP contribution < -0.4 is 11.1 Å². The molecule has 1 heterocycles. The number of likely N-dealkylation sites (tertiary alicyclic amines) is 1. The zero-order chi connectivity index (χ0) is 17.3. The molecule has 1 aliphatic carbocycles. The predicted molar refractivity (Wildman–Crippen MR) is 88.5 cm³/mol. The van der Waals surface area contributed by atoms with E-state index in [9.17, 15) is 9.59 Å². The molecule has 6 heteroatoms. The number of hydrogen-bond donors (Lipinski definition) is 2. The number of ether oxygens (including phenoxy) is 1. The molecule has 0 aromatic rings. The highest BCUT2D eigenvalue weighted by molar-refractivity contribution is 5.86. The first kappa shape index (κ1) is 20.7. The molecule has 1 aliphatic heterocycles. The Labute approximate surface area is 134 Å². The standard InChI is InChI=1S/C13H22N2O3.C2H6.CH5N/c1-9(2)10(14-12(17)18-3)11(16)15-7-6-13(8-15)4-5-13;2*1-2/h9-10H,4-8H2,1-3H3,(H,14,17);1-2H3;2H2,1H3/t10-;;/m0../s1. The Balaban J connectivity index is 0.00000102. The number of carbonyl (C=O) groups excluding carboxylic acids is 2. The first-order valence-corrected chi connectivity index (χ1v) is 8.18. The molecular weight excluding hydrogens is 282 g/mol. The third-order valence-corrected chi connectivity index (χ3v) is 4.10. The van der Waals surface area contributed by atoms with Crippen LogP contribution in [-0.4, -0.2) is 50.2 Å². The van der Waals surface area contributed by atoms with Gasteiger partial charge in [-0.25, -0.2) is 4.79 Å². The van der Waals surface area contributed by atoms with Crippen molar-refractivity contribution >= 4 is 12.0 Å². The summed E-state index contributed by atoms with van der Waals surface area (Å²) < 4.78 is 4.58. The van der Waals surface area contributed by atoms with Crippen molar-refractivity contribution in [3.05, 3.63) is 0 Å². The first-order chi connectivity index (χ1) is 10.5. The molecule has 1 spiro atoms. The number of alkyl carbamates (subject to hydrolysis) is 1. The molecule has 0 bridgehead atoms. The van der Waals surface area contributed by atoms with Gasteiger partial charge in [0.2, 0.25) is 5.91 Å². The van der Waals surface area contributed by atoms with E-state index in [1.807, 2.05) is 32.6 Å². The van der Waals surface area contributed by atoms with Gasteiger partial charge in [0.05, 0.1) is 7.11 Å². The molecule has 130 valence electrons. The monoisotopic (exact) mass is 315 g/mol. The molecule has 0 radical (unpaired) electrons. The number of hydrogen-bond acceptors (Lipinski definition) is 4. The summed E-state index contributed by atoms with van der Waals surface area (Å²) in [6.07, 6.45) is 3.06. The van der Waals surface area contributed by atoms with Crippen LogP contribution in [0.4, 0.5) is 4.79 Å². The van der Waals surface area contributed by atoms with Crippen LogP contribution in [-0.2, 0) is 9.53 Å². The van der Waals surface area contributed by atoms with Gasteiger partial charge in [0.15, 0.2) is 0 Å². The van der Waals surface area contributed by atoms with E-state index in [1.54, 1.807) is 0 Å². The van der Waals surface area contributed by atoms with Gasteiger partial charge in [-0.15, -0.1) is 0 Å². The maximum absolute atomic E-state index is 12.4. The van der Waals surface area contributed by atoms with Gasteiger partial charge in [-0.05, 0) is 37.6 Å². The Morgan fingerprint density at radius 3 is 2.09 bits per heavy atom. The van der Waals surface area contributed by atoms with Crippen molar-refractivity contribution < 1.29 is 14.3 Å². The van der Waals surface area contributed by atoms with E-state index in [1.165, 1.54) is 27.0 Å². The smallest absolute Gasteiger partial charge is 0.407 e. The number of carbonyl (C=O) groups is 2. The van der Waals surface area contributed by atoms with E-state index in [0.717, 1.165) is 19.5 Å². The molecule has 0 aromatic heterocycles. The van der Waals surface area contributed by atoms with Crippen molar-refractivity contribution in [3.8, 4) is 0 Å². The van der Waals surface area contributed by atoms with Crippen molar-refractivity contribution in [2.45, 2.75) is 53.0 Å². The van der Waals surface area contributed by atoms with E-state index in [4.69, 9.17) is 0 Å². The summed E-state index contributed by atoms with van der Waals surface area (Å²) in [7, 11) is 2.81. The zero-order valence-corrected chi connectivity index (χ0v) is 14.9. The van der Waals surface area contributed by atoms with Gasteiger partial charge in [-0.1, -0.05) is 27.7 Å². The van der Waals surface area contributed by atoms with E-state index < -0.39 is 12.1 Å². The Hall–Kier alpha value is -1.30. The summed E-state index contributed by atoms with van der Waals surface area (Å²) in [6.45, 7) is 9.55. The largest absolute Gasteiger partial charge is 0.453 e. The van der Waals surface area contributed by atoms with Gasteiger partial charge in [0.25, 0.3) is 0 Å². The van der Waals surface area contributed by atoms with Gasteiger partial charge in [-0.3, -0.25) is 4.79 Å². The fourth-order valence-corrected chi connectivity index (χ4v) is 2.60. The topological polar surface area (TPSA) is 84.7 Å². The van der Waals surface area contributed by atoms with Crippen LogP contribution in [0.15, 0.2) is 0 Å². The van der Waals surface area contributed by atoms with Crippen LogP contribution in [0.3, 0.4) is 0 Å². The Kier molecular flexibility index (Phi) is 9.09. The van der Waals surface area contributed by atoms with Crippen molar-refractivity contribution in [2.24, 2.45) is 17.1 Å². The third-order valence-electron chi connectivity index (χ3n) is 4.10. The number of methoxy groups -OCH3 is 1. The van der Waals surface area contributed by atoms with Crippen LogP contribution in [0.5, 0.6) is 0 Å². The van der Waals surface area contributed by atoms with Gasteiger partial charge in [0.1, 0.15) is 6.04 Å². The molecule has 2 amide bonds. The number of nitrogens with one attached hydrogen (secondary N) is 1. The van der Waals surface area contributed by atoms with E-state index >= 15 is 0 Å². The average molecular weight is 315 g/mol. The van der Waals surface area contributed by atoms with Crippen LogP contribution >= 0.6 is 0 Å². The Bertz CT molecular complexity index is 355. The summed E-state index contributed by atoms with van der Waals surface area (Å²) >= 11 is 0. The van der Waals surface area contributed by atoms with Gasteiger partial charge < -0.3 is 20.7 Å². The number of amides is 2. The molecule has 2 fully saturated rings. The van der Waals surface area contributed by atoms with E-state index in [0.29, 0.717) is 5.41 Å². The van der Waals surface area contributed by atoms with Crippen LogP contribution in [0, 0.1) is 11.3 Å². The molecule has 1 saturated carbocycles. The second kappa shape index (κ2) is 9.66. The molecule has 6 nitrogen and oxygen atoms in total. The maximum atomic E-state index is 12.4. The first-order valence-electron chi connectivity index (χ1n) is 8.18. The molecule has 22 heavy (non-hydrogen) atoms. The minimum absolute atomic E-state index is 0.0270. The average Bonchev–Trinajstić information content (AvgIpc) is 3.17. The Morgan fingerprint density at radius 1 is 1.18 bits per heavy atom. The summed E-state index contributed by atoms with van der Waals surface area (Å²) in [5, 5.41) is 2.64. The normalized spacial score (nSPS) is 18.6. The van der Waals surface area contributed by atoms with Gasteiger partial charge in [0, 0.05) is 13.1 Å². The summed E-state index contributed by atoms with van der Waals surface area (Å²) in [6, 6.07) is -0.480. The highest BCUT2D eigenvalue weighted by Crippen LogP contribution is 2.52. The summed E-state index contributed by atoms with van der Waals surface area (Å²) in [4.78, 5) is 25.6. The van der Waals surface area contributed by atoms with Gasteiger partial charge >= 0.3 is 6.09 Å². The van der Waals surface area contributed by atoms with Crippen molar-refractivity contribution in [2.75, 3.05) is 27.2 Å². The lowest BCUT2D eigenvalue weighted by atomic mass is 10.0. The quantitative estimate of drug-likeness (QED) is 0.834. The number of rotatable bonds is 3. The lowest BCUT2D eigenvalue weighted by Crippen LogP contribution is -2.50. The van der Waals surface area contributed by atoms with Crippen LogP contribution in [0.2, 0.25) is 0 Å². The fourth-order valence-electron chi connectivity index (χ4n) is 2.60. The lowest BCUT2D eigenvalue weighted by molar-refractivity contribution is -0.133. The summed E-state index contributed by atoms with van der Waals surface area (Å²) in [5.41, 5.74) is 4.92. The van der Waals surface area contributed by atoms with E-state index in [2.05, 4.69) is 15.8 Å². The molecule has 3 N–H and O–H groups in total. The molecular formula is C16H33N3O3. The minimum Gasteiger partial charge on any atom is -0.453 e. The molecule has 1 atom stereocenters. The van der Waals surface area contributed by atoms with Crippen LogP contribution in [0.25, 0.3) is 0 Å². The van der Waals surface area contributed by atoms with Gasteiger partial charge in [-0.2, -0.15) is 0 Å². The summed E-state index contributed by atoms with van der Waals surface area (Å²) in [5.74, 6) is 0.0894. The highest BCUT2D eigenvalue weighted by atomic mass is 16.5. The second-order valence-corrected chi connectivity index (χ2v) is 5.87. The lowest BCUT2D eigenvalue weighted by Gasteiger charge is -2.26. The molecule has 2 aliphatic rings. The van der Waals surface area contributed by atoms with Crippen molar-refractivity contribution in [3.63, 3.8) is 0 Å². The van der Waals surface area contributed by atoms with Crippen molar-refractivity contribution in [1.82, 2.24) is 10.2 Å². The third kappa shape index (κ3) is 5.48.